The molecule has 0 atom stereocenters. The zero-order valence-corrected chi connectivity index (χ0v) is 13.7. The standard InChI is InChI=1S/C18H21FN2O2/c1-12-16(13(2)23-20-12)11-21(3)17(22)18(8-5-9-18)14-6-4-7-15(19)10-14/h4,6-7,10H,5,8-9,11H2,1-3H3. The minimum absolute atomic E-state index is 0.0364. The van der Waals surface area contributed by atoms with Crippen molar-refractivity contribution in [3.63, 3.8) is 0 Å². The van der Waals surface area contributed by atoms with Crippen molar-refractivity contribution < 1.29 is 13.7 Å². The molecule has 4 nitrogen and oxygen atoms in total. The van der Waals surface area contributed by atoms with Crippen molar-refractivity contribution in [1.82, 2.24) is 10.1 Å². The molecule has 0 N–H and O–H groups in total. The molecule has 0 saturated heterocycles. The highest BCUT2D eigenvalue weighted by molar-refractivity contribution is 5.89. The van der Waals surface area contributed by atoms with E-state index in [1.165, 1.54) is 12.1 Å². The Morgan fingerprint density at radius 1 is 1.39 bits per heavy atom. The number of carbonyl (C=O) groups excluding carboxylic acids is 1. The van der Waals surface area contributed by atoms with Gasteiger partial charge in [0.25, 0.3) is 0 Å². The van der Waals surface area contributed by atoms with E-state index in [0.29, 0.717) is 6.54 Å². The normalized spacial score (nSPS) is 16.0. The van der Waals surface area contributed by atoms with Gasteiger partial charge in [-0.2, -0.15) is 0 Å². The topological polar surface area (TPSA) is 46.3 Å². The lowest BCUT2D eigenvalue weighted by Crippen LogP contribution is -2.49. The summed E-state index contributed by atoms with van der Waals surface area (Å²) in [5.41, 5.74) is 1.93. The quantitative estimate of drug-likeness (QED) is 0.867. The van der Waals surface area contributed by atoms with Crippen molar-refractivity contribution in [3.8, 4) is 0 Å². The molecule has 23 heavy (non-hydrogen) atoms. The van der Waals surface area contributed by atoms with Gasteiger partial charge >= 0.3 is 0 Å². The smallest absolute Gasteiger partial charge is 0.233 e. The number of halogens is 1. The molecule has 0 bridgehead atoms. The number of amides is 1. The summed E-state index contributed by atoms with van der Waals surface area (Å²) in [5.74, 6) is 0.472. The molecule has 2 aromatic rings. The van der Waals surface area contributed by atoms with Crippen LogP contribution < -0.4 is 0 Å². The van der Waals surface area contributed by atoms with Crippen molar-refractivity contribution in [2.45, 2.75) is 45.1 Å². The van der Waals surface area contributed by atoms with Gasteiger partial charge < -0.3 is 9.42 Å². The fraction of sp³-hybridized carbons (Fsp3) is 0.444. The number of aromatic nitrogens is 1. The van der Waals surface area contributed by atoms with E-state index in [1.54, 1.807) is 18.0 Å². The molecular formula is C18H21FN2O2. The average Bonchev–Trinajstić information content (AvgIpc) is 2.78. The fourth-order valence-electron chi connectivity index (χ4n) is 3.34. The Labute approximate surface area is 135 Å². The molecule has 122 valence electrons. The number of carbonyl (C=O) groups is 1. The SMILES string of the molecule is Cc1noc(C)c1CN(C)C(=O)C1(c2cccc(F)c2)CCC1. The van der Waals surface area contributed by atoms with Gasteiger partial charge in [-0.25, -0.2) is 4.39 Å². The third kappa shape index (κ3) is 2.64. The van der Waals surface area contributed by atoms with Crippen molar-refractivity contribution in [3.05, 3.63) is 52.7 Å². The molecule has 3 rings (SSSR count). The summed E-state index contributed by atoms with van der Waals surface area (Å²) >= 11 is 0. The van der Waals surface area contributed by atoms with Gasteiger partial charge in [0.05, 0.1) is 17.7 Å². The van der Waals surface area contributed by atoms with Gasteiger partial charge in [0.15, 0.2) is 0 Å². The van der Waals surface area contributed by atoms with Crippen LogP contribution in [-0.2, 0) is 16.8 Å². The van der Waals surface area contributed by atoms with Crippen LogP contribution in [0.25, 0.3) is 0 Å². The van der Waals surface area contributed by atoms with E-state index in [0.717, 1.165) is 41.8 Å². The molecule has 1 aromatic heterocycles. The molecule has 1 saturated carbocycles. The number of hydrogen-bond acceptors (Lipinski definition) is 3. The van der Waals surface area contributed by atoms with Gasteiger partial charge in [-0.05, 0) is 44.4 Å². The summed E-state index contributed by atoms with van der Waals surface area (Å²) in [4.78, 5) is 14.8. The Hall–Kier alpha value is -2.17. The van der Waals surface area contributed by atoms with E-state index < -0.39 is 5.41 Å². The van der Waals surface area contributed by atoms with Gasteiger partial charge in [-0.15, -0.1) is 0 Å². The predicted molar refractivity (Wildman–Crippen MR) is 84.4 cm³/mol. The first-order chi connectivity index (χ1) is 10.9. The van der Waals surface area contributed by atoms with Crippen LogP contribution >= 0.6 is 0 Å². The summed E-state index contributed by atoms with van der Waals surface area (Å²) in [5, 5.41) is 3.93. The predicted octanol–water partition coefficient (Wildman–Crippen LogP) is 3.51. The number of likely N-dealkylation sites (N-methyl/N-ethyl adjacent to an activating group) is 1. The molecule has 0 spiro atoms. The Morgan fingerprint density at radius 2 is 2.13 bits per heavy atom. The zero-order chi connectivity index (χ0) is 16.6. The third-order valence-corrected chi connectivity index (χ3v) is 4.92. The van der Waals surface area contributed by atoms with E-state index in [2.05, 4.69) is 5.16 Å². The number of aryl methyl sites for hydroxylation is 2. The largest absolute Gasteiger partial charge is 0.361 e. The lowest BCUT2D eigenvalue weighted by atomic mass is 9.63. The molecule has 1 heterocycles. The molecule has 5 heteroatoms. The van der Waals surface area contributed by atoms with Crippen LogP contribution in [0.4, 0.5) is 4.39 Å². The van der Waals surface area contributed by atoms with Gasteiger partial charge in [0, 0.05) is 12.6 Å². The summed E-state index contributed by atoms with van der Waals surface area (Å²) in [6.07, 6.45) is 2.52. The van der Waals surface area contributed by atoms with Crippen LogP contribution in [0.5, 0.6) is 0 Å². The van der Waals surface area contributed by atoms with E-state index in [4.69, 9.17) is 4.52 Å². The fourth-order valence-corrected chi connectivity index (χ4v) is 3.34. The minimum atomic E-state index is -0.587. The second kappa shape index (κ2) is 5.80. The van der Waals surface area contributed by atoms with E-state index in [1.807, 2.05) is 19.9 Å². The van der Waals surface area contributed by atoms with Gasteiger partial charge in [-0.1, -0.05) is 23.7 Å². The van der Waals surface area contributed by atoms with Gasteiger partial charge in [0.2, 0.25) is 5.91 Å². The number of rotatable bonds is 4. The van der Waals surface area contributed by atoms with E-state index in [9.17, 15) is 9.18 Å². The van der Waals surface area contributed by atoms with Crippen LogP contribution in [0.2, 0.25) is 0 Å². The first kappa shape index (κ1) is 15.7. The molecule has 1 aromatic carbocycles. The highest BCUT2D eigenvalue weighted by Gasteiger charge is 2.47. The molecule has 1 amide bonds. The van der Waals surface area contributed by atoms with Crippen LogP contribution in [0.1, 0.15) is 41.8 Å². The van der Waals surface area contributed by atoms with Crippen molar-refractivity contribution in [2.75, 3.05) is 7.05 Å². The van der Waals surface area contributed by atoms with Crippen LogP contribution in [0.15, 0.2) is 28.8 Å². The first-order valence-electron chi connectivity index (χ1n) is 7.87. The maximum Gasteiger partial charge on any atom is 0.233 e. The average molecular weight is 316 g/mol. The second-order valence-electron chi connectivity index (χ2n) is 6.41. The lowest BCUT2D eigenvalue weighted by Gasteiger charge is -2.43. The Kier molecular flexibility index (Phi) is 3.96. The second-order valence-corrected chi connectivity index (χ2v) is 6.41. The molecule has 0 unspecified atom stereocenters. The number of nitrogens with zero attached hydrogens (tertiary/aromatic N) is 2. The lowest BCUT2D eigenvalue weighted by molar-refractivity contribution is -0.140. The highest BCUT2D eigenvalue weighted by Crippen LogP contribution is 2.45. The molecule has 1 aliphatic rings. The molecule has 0 aliphatic heterocycles. The van der Waals surface area contributed by atoms with E-state index >= 15 is 0 Å². The minimum Gasteiger partial charge on any atom is -0.361 e. The van der Waals surface area contributed by atoms with Crippen LogP contribution in [0.3, 0.4) is 0 Å². The molecule has 1 aliphatic carbocycles. The summed E-state index contributed by atoms with van der Waals surface area (Å²) in [6, 6.07) is 6.42. The van der Waals surface area contributed by atoms with Gasteiger partial charge in [-0.3, -0.25) is 4.79 Å². The summed E-state index contributed by atoms with van der Waals surface area (Å²) in [7, 11) is 1.79. The Morgan fingerprint density at radius 3 is 2.65 bits per heavy atom. The number of benzene rings is 1. The monoisotopic (exact) mass is 316 g/mol. The highest BCUT2D eigenvalue weighted by atomic mass is 19.1. The maximum atomic E-state index is 13.6. The van der Waals surface area contributed by atoms with Crippen molar-refractivity contribution >= 4 is 5.91 Å². The number of hydrogen-bond donors (Lipinski definition) is 0. The summed E-state index contributed by atoms with van der Waals surface area (Å²) in [6.45, 7) is 4.17. The molecular weight excluding hydrogens is 295 g/mol. The van der Waals surface area contributed by atoms with E-state index in [-0.39, 0.29) is 11.7 Å². The van der Waals surface area contributed by atoms with Crippen LogP contribution in [0, 0.1) is 19.7 Å². The third-order valence-electron chi connectivity index (χ3n) is 4.92. The Balaban J connectivity index is 1.85. The van der Waals surface area contributed by atoms with Gasteiger partial charge in [0.1, 0.15) is 11.6 Å². The first-order valence-corrected chi connectivity index (χ1v) is 7.87. The van der Waals surface area contributed by atoms with Crippen molar-refractivity contribution in [2.24, 2.45) is 0 Å². The zero-order valence-electron chi connectivity index (χ0n) is 13.7. The molecule has 1 fully saturated rings. The van der Waals surface area contributed by atoms with Crippen molar-refractivity contribution in [1.29, 1.82) is 0 Å². The Bertz CT molecular complexity index is 715. The maximum absolute atomic E-state index is 13.6. The molecule has 0 radical (unpaired) electrons. The van der Waals surface area contributed by atoms with Crippen LogP contribution in [-0.4, -0.2) is 23.0 Å². The summed E-state index contributed by atoms with van der Waals surface area (Å²) < 4.78 is 18.8.